The predicted molar refractivity (Wildman–Crippen MR) is 92.3 cm³/mol. The van der Waals surface area contributed by atoms with E-state index in [0.717, 1.165) is 17.7 Å². The van der Waals surface area contributed by atoms with Gasteiger partial charge in [-0.2, -0.15) is 0 Å². The van der Waals surface area contributed by atoms with Crippen LogP contribution in [-0.4, -0.2) is 17.6 Å². The second kappa shape index (κ2) is 7.82. The van der Waals surface area contributed by atoms with E-state index in [2.05, 4.69) is 17.2 Å². The summed E-state index contributed by atoms with van der Waals surface area (Å²) in [5.41, 5.74) is 8.73. The van der Waals surface area contributed by atoms with E-state index >= 15 is 0 Å². The molecule has 2 aromatic rings. The third-order valence-electron chi connectivity index (χ3n) is 3.32. The van der Waals surface area contributed by atoms with E-state index < -0.39 is 6.10 Å². The van der Waals surface area contributed by atoms with Crippen LogP contribution in [0, 0.1) is 0 Å². The number of aryl methyl sites for hydroxylation is 1. The molecule has 0 fully saturated rings. The maximum atomic E-state index is 10.1. The largest absolute Gasteiger partial charge is 0.386 e. The van der Waals surface area contributed by atoms with Crippen molar-refractivity contribution in [1.82, 2.24) is 0 Å². The van der Waals surface area contributed by atoms with E-state index in [4.69, 9.17) is 17.3 Å². The van der Waals surface area contributed by atoms with Crippen molar-refractivity contribution in [3.05, 3.63) is 64.7 Å². The molecule has 0 spiro atoms. The lowest BCUT2D eigenvalue weighted by Crippen LogP contribution is -2.23. The number of hydrogen-bond acceptors (Lipinski definition) is 2. The number of nitrogens with one attached hydrogen (secondary N) is 1. The van der Waals surface area contributed by atoms with Crippen molar-refractivity contribution in [2.24, 2.45) is 10.7 Å². The Balaban J connectivity index is 1.92. The van der Waals surface area contributed by atoms with Gasteiger partial charge < -0.3 is 16.2 Å². The summed E-state index contributed by atoms with van der Waals surface area (Å²) in [5.74, 6) is 0.275. The van der Waals surface area contributed by atoms with Crippen molar-refractivity contribution in [3.8, 4) is 0 Å². The molecule has 4 N–H and O–H groups in total. The molecule has 0 aliphatic carbocycles. The average molecular weight is 318 g/mol. The van der Waals surface area contributed by atoms with E-state index in [1.54, 1.807) is 24.3 Å². The standard InChI is InChI=1S/C17H20ClN3O/c1-2-12-3-9-15(10-4-12)21-17(19)20-11-16(22)13-5-7-14(18)8-6-13/h3-10,16,22H,2,11H2,1H3,(H3,19,20,21). The van der Waals surface area contributed by atoms with Crippen LogP contribution in [0.15, 0.2) is 53.5 Å². The number of rotatable bonds is 5. The zero-order valence-electron chi connectivity index (χ0n) is 12.5. The molecule has 0 bridgehead atoms. The summed E-state index contributed by atoms with van der Waals surface area (Å²) < 4.78 is 0. The number of benzene rings is 2. The highest BCUT2D eigenvalue weighted by Crippen LogP contribution is 2.16. The third kappa shape index (κ3) is 4.76. The molecule has 5 heteroatoms. The predicted octanol–water partition coefficient (Wildman–Crippen LogP) is 3.36. The molecule has 1 atom stereocenters. The minimum absolute atomic E-state index is 0.188. The van der Waals surface area contributed by atoms with Crippen molar-refractivity contribution in [2.75, 3.05) is 11.9 Å². The minimum atomic E-state index is -0.708. The smallest absolute Gasteiger partial charge is 0.193 e. The number of halogens is 1. The maximum Gasteiger partial charge on any atom is 0.193 e. The van der Waals surface area contributed by atoms with Crippen LogP contribution in [0.3, 0.4) is 0 Å². The van der Waals surface area contributed by atoms with Gasteiger partial charge in [0.1, 0.15) is 0 Å². The Morgan fingerprint density at radius 3 is 2.41 bits per heavy atom. The SMILES string of the molecule is CCc1ccc(NC(N)=NCC(O)c2ccc(Cl)cc2)cc1. The first-order valence-corrected chi connectivity index (χ1v) is 7.55. The van der Waals surface area contributed by atoms with Crippen LogP contribution in [0.4, 0.5) is 5.69 Å². The van der Waals surface area contributed by atoms with Crippen LogP contribution in [0.5, 0.6) is 0 Å². The topological polar surface area (TPSA) is 70.6 Å². The second-order valence-corrected chi connectivity index (χ2v) is 5.41. The number of hydrogen-bond donors (Lipinski definition) is 3. The van der Waals surface area contributed by atoms with Crippen LogP contribution in [-0.2, 0) is 6.42 Å². The maximum absolute atomic E-state index is 10.1. The number of guanidine groups is 1. The lowest BCUT2D eigenvalue weighted by Gasteiger charge is -2.10. The first kappa shape index (κ1) is 16.3. The van der Waals surface area contributed by atoms with Gasteiger partial charge in [0.2, 0.25) is 0 Å². The van der Waals surface area contributed by atoms with E-state index in [-0.39, 0.29) is 12.5 Å². The van der Waals surface area contributed by atoms with Crippen LogP contribution in [0.25, 0.3) is 0 Å². The minimum Gasteiger partial charge on any atom is -0.386 e. The van der Waals surface area contributed by atoms with Crippen molar-refractivity contribution < 1.29 is 5.11 Å². The van der Waals surface area contributed by atoms with E-state index in [0.29, 0.717) is 5.02 Å². The third-order valence-corrected chi connectivity index (χ3v) is 3.58. The number of aliphatic hydroxyl groups is 1. The summed E-state index contributed by atoms with van der Waals surface area (Å²) >= 11 is 5.82. The zero-order chi connectivity index (χ0) is 15.9. The van der Waals surface area contributed by atoms with Crippen molar-refractivity contribution in [3.63, 3.8) is 0 Å². The van der Waals surface area contributed by atoms with Gasteiger partial charge in [-0.05, 0) is 41.8 Å². The lowest BCUT2D eigenvalue weighted by atomic mass is 10.1. The number of nitrogens with two attached hydrogens (primary N) is 1. The molecular formula is C17H20ClN3O. The Morgan fingerprint density at radius 1 is 1.18 bits per heavy atom. The van der Waals surface area contributed by atoms with Crippen molar-refractivity contribution in [2.45, 2.75) is 19.4 Å². The number of nitrogens with zero attached hydrogens (tertiary/aromatic N) is 1. The molecule has 116 valence electrons. The van der Waals surface area contributed by atoms with Gasteiger partial charge in [0.15, 0.2) is 5.96 Å². The zero-order valence-corrected chi connectivity index (χ0v) is 13.2. The van der Waals surface area contributed by atoms with Crippen LogP contribution in [0.2, 0.25) is 5.02 Å². The number of aliphatic imine (C=N–C) groups is 1. The summed E-state index contributed by atoms with van der Waals surface area (Å²) in [6.07, 6.45) is 0.289. The van der Waals surface area contributed by atoms with E-state index in [1.165, 1.54) is 5.56 Å². The van der Waals surface area contributed by atoms with Gasteiger partial charge in [0, 0.05) is 10.7 Å². The Hall–Kier alpha value is -2.04. The summed E-state index contributed by atoms with van der Waals surface area (Å²) in [6.45, 7) is 2.30. The Morgan fingerprint density at radius 2 is 1.82 bits per heavy atom. The van der Waals surface area contributed by atoms with Crippen LogP contribution in [0.1, 0.15) is 24.2 Å². The monoisotopic (exact) mass is 317 g/mol. The molecule has 0 aliphatic heterocycles. The molecule has 4 nitrogen and oxygen atoms in total. The highest BCUT2D eigenvalue weighted by Gasteiger charge is 2.06. The second-order valence-electron chi connectivity index (χ2n) is 4.97. The fraction of sp³-hybridized carbons (Fsp3) is 0.235. The number of anilines is 1. The average Bonchev–Trinajstić information content (AvgIpc) is 2.54. The van der Waals surface area contributed by atoms with Gasteiger partial charge in [-0.3, -0.25) is 4.99 Å². The van der Waals surface area contributed by atoms with Gasteiger partial charge in [-0.1, -0.05) is 42.8 Å². The molecule has 0 amide bonds. The van der Waals surface area contributed by atoms with Gasteiger partial charge >= 0.3 is 0 Å². The Labute approximate surface area is 135 Å². The van der Waals surface area contributed by atoms with Crippen molar-refractivity contribution >= 4 is 23.2 Å². The molecule has 0 heterocycles. The summed E-state index contributed by atoms with van der Waals surface area (Å²) in [6, 6.07) is 15.0. The number of aliphatic hydroxyl groups excluding tert-OH is 1. The van der Waals surface area contributed by atoms with Gasteiger partial charge in [0.05, 0.1) is 12.6 Å². The van der Waals surface area contributed by atoms with Crippen LogP contribution >= 0.6 is 11.6 Å². The summed E-state index contributed by atoms with van der Waals surface area (Å²) in [5, 5.41) is 13.7. The molecule has 2 rings (SSSR count). The summed E-state index contributed by atoms with van der Waals surface area (Å²) in [7, 11) is 0. The Kier molecular flexibility index (Phi) is 5.81. The molecule has 0 aliphatic rings. The Bertz CT molecular complexity index is 623. The molecular weight excluding hydrogens is 298 g/mol. The summed E-state index contributed by atoms with van der Waals surface area (Å²) in [4.78, 5) is 4.16. The highest BCUT2D eigenvalue weighted by molar-refractivity contribution is 6.30. The first-order valence-electron chi connectivity index (χ1n) is 7.18. The lowest BCUT2D eigenvalue weighted by molar-refractivity contribution is 0.187. The van der Waals surface area contributed by atoms with Gasteiger partial charge in [0.25, 0.3) is 0 Å². The van der Waals surface area contributed by atoms with Gasteiger partial charge in [-0.15, -0.1) is 0 Å². The fourth-order valence-electron chi connectivity index (χ4n) is 1.99. The molecule has 1 unspecified atom stereocenters. The first-order chi connectivity index (χ1) is 10.6. The van der Waals surface area contributed by atoms with E-state index in [1.807, 2.05) is 24.3 Å². The normalized spacial score (nSPS) is 13.0. The fourth-order valence-corrected chi connectivity index (χ4v) is 2.11. The molecule has 2 aromatic carbocycles. The van der Waals surface area contributed by atoms with Crippen molar-refractivity contribution in [1.29, 1.82) is 0 Å². The quantitative estimate of drug-likeness (QED) is 0.585. The molecule has 0 aromatic heterocycles. The van der Waals surface area contributed by atoms with Crippen LogP contribution < -0.4 is 11.1 Å². The molecule has 0 saturated heterocycles. The molecule has 0 radical (unpaired) electrons. The van der Waals surface area contributed by atoms with Gasteiger partial charge in [-0.25, -0.2) is 0 Å². The molecule has 0 saturated carbocycles. The molecule has 22 heavy (non-hydrogen) atoms. The highest BCUT2D eigenvalue weighted by atomic mass is 35.5. The van der Waals surface area contributed by atoms with E-state index in [9.17, 15) is 5.11 Å².